The molecule has 0 bridgehead atoms. The topological polar surface area (TPSA) is 31.4 Å². The SMILES string of the molecule is CCCCCCC1(Cl)Oc2cnccc2C(Cl)O1. The normalized spacial score (nSPS) is 26.5. The first kappa shape index (κ1) is 13.9. The molecule has 0 fully saturated rings. The average Bonchev–Trinajstić information content (AvgIpc) is 2.35. The summed E-state index contributed by atoms with van der Waals surface area (Å²) < 4.78 is 11.2. The Labute approximate surface area is 117 Å². The molecule has 0 saturated heterocycles. The number of halogens is 2. The van der Waals surface area contributed by atoms with Gasteiger partial charge in [0.15, 0.2) is 5.56 Å². The summed E-state index contributed by atoms with van der Waals surface area (Å²) in [5, 5.41) is -1.16. The van der Waals surface area contributed by atoms with Gasteiger partial charge < -0.3 is 9.47 Å². The Morgan fingerprint density at radius 2 is 2.22 bits per heavy atom. The van der Waals surface area contributed by atoms with E-state index in [0.717, 1.165) is 18.4 Å². The Kier molecular flexibility index (Phi) is 4.71. The minimum absolute atomic E-state index is 0.583. The number of hydrogen-bond acceptors (Lipinski definition) is 3. The van der Waals surface area contributed by atoms with Crippen molar-refractivity contribution in [3.8, 4) is 5.75 Å². The summed E-state index contributed by atoms with van der Waals surface area (Å²) in [6.07, 6.45) is 8.34. The fraction of sp³-hybridized carbons (Fsp3) is 0.615. The third kappa shape index (κ3) is 3.28. The number of ether oxygens (including phenoxy) is 2. The summed E-state index contributed by atoms with van der Waals surface area (Å²) in [6.45, 7) is 2.17. The molecular formula is C13H17Cl2NO2. The van der Waals surface area contributed by atoms with Gasteiger partial charge in [-0.15, -0.1) is 0 Å². The lowest BCUT2D eigenvalue weighted by Crippen LogP contribution is -2.37. The number of fused-ring (bicyclic) bond motifs is 1. The molecule has 2 rings (SSSR count). The van der Waals surface area contributed by atoms with Crippen molar-refractivity contribution < 1.29 is 9.47 Å². The van der Waals surface area contributed by atoms with Crippen molar-refractivity contribution >= 4 is 23.2 Å². The van der Waals surface area contributed by atoms with Crippen LogP contribution in [0.15, 0.2) is 18.5 Å². The molecule has 0 spiro atoms. The number of alkyl halides is 2. The molecule has 0 radical (unpaired) electrons. The first-order valence-corrected chi connectivity index (χ1v) is 7.10. The fourth-order valence-corrected chi connectivity index (χ4v) is 2.62. The van der Waals surface area contributed by atoms with Crippen LogP contribution in [0.2, 0.25) is 0 Å². The second-order valence-electron chi connectivity index (χ2n) is 4.42. The van der Waals surface area contributed by atoms with Crippen molar-refractivity contribution in [2.24, 2.45) is 0 Å². The van der Waals surface area contributed by atoms with Crippen LogP contribution in [0.4, 0.5) is 0 Å². The molecule has 5 heteroatoms. The molecule has 1 aliphatic heterocycles. The maximum Gasteiger partial charge on any atom is 0.292 e. The largest absolute Gasteiger partial charge is 0.446 e. The zero-order chi connectivity index (χ0) is 13.0. The van der Waals surface area contributed by atoms with Crippen LogP contribution < -0.4 is 4.74 Å². The standard InChI is InChI=1S/C13H17Cl2NO2/c1-2-3-4-5-7-13(15)17-11-9-16-8-6-10(11)12(14)18-13/h6,8-9,12H,2-5,7H2,1H3. The van der Waals surface area contributed by atoms with E-state index in [4.69, 9.17) is 32.7 Å². The monoisotopic (exact) mass is 289 g/mol. The first-order chi connectivity index (χ1) is 8.64. The van der Waals surface area contributed by atoms with Crippen molar-refractivity contribution in [1.29, 1.82) is 0 Å². The van der Waals surface area contributed by atoms with Crippen molar-refractivity contribution in [2.75, 3.05) is 0 Å². The fourth-order valence-electron chi connectivity index (χ4n) is 1.94. The molecule has 1 aromatic rings. The molecule has 0 N–H and O–H groups in total. The van der Waals surface area contributed by atoms with Gasteiger partial charge in [0.2, 0.25) is 0 Å². The van der Waals surface area contributed by atoms with Crippen LogP contribution in [0, 0.1) is 0 Å². The van der Waals surface area contributed by atoms with Gasteiger partial charge in [-0.05, 0) is 24.1 Å². The van der Waals surface area contributed by atoms with Crippen LogP contribution in [-0.2, 0) is 4.74 Å². The minimum atomic E-state index is -1.16. The van der Waals surface area contributed by atoms with Crippen LogP contribution in [-0.4, -0.2) is 10.2 Å². The van der Waals surface area contributed by atoms with E-state index in [-0.39, 0.29) is 0 Å². The molecule has 0 aromatic carbocycles. The van der Waals surface area contributed by atoms with E-state index in [9.17, 15) is 0 Å². The predicted molar refractivity (Wildman–Crippen MR) is 71.9 cm³/mol. The van der Waals surface area contributed by atoms with Crippen LogP contribution in [0.3, 0.4) is 0 Å². The highest BCUT2D eigenvalue weighted by Crippen LogP contribution is 2.44. The van der Waals surface area contributed by atoms with Gasteiger partial charge in [-0.25, -0.2) is 0 Å². The molecule has 0 aliphatic carbocycles. The Bertz CT molecular complexity index is 402. The summed E-state index contributed by atoms with van der Waals surface area (Å²) in [5.74, 6) is 0.606. The van der Waals surface area contributed by atoms with Gasteiger partial charge in [-0.2, -0.15) is 0 Å². The van der Waals surface area contributed by atoms with Gasteiger partial charge in [-0.1, -0.05) is 37.8 Å². The molecule has 2 heterocycles. The Morgan fingerprint density at radius 1 is 1.39 bits per heavy atom. The van der Waals surface area contributed by atoms with E-state index in [0.29, 0.717) is 12.2 Å². The number of rotatable bonds is 5. The lowest BCUT2D eigenvalue weighted by atomic mass is 10.1. The highest BCUT2D eigenvalue weighted by Gasteiger charge is 2.39. The van der Waals surface area contributed by atoms with Gasteiger partial charge in [0.25, 0.3) is 5.25 Å². The Balaban J connectivity index is 2.00. The zero-order valence-electron chi connectivity index (χ0n) is 10.4. The Morgan fingerprint density at radius 3 is 3.00 bits per heavy atom. The van der Waals surface area contributed by atoms with E-state index in [1.54, 1.807) is 18.5 Å². The summed E-state index contributed by atoms with van der Waals surface area (Å²) >= 11 is 12.5. The highest BCUT2D eigenvalue weighted by molar-refractivity contribution is 6.24. The van der Waals surface area contributed by atoms with Gasteiger partial charge in [0, 0.05) is 18.2 Å². The molecule has 2 atom stereocenters. The predicted octanol–water partition coefficient (Wildman–Crippen LogP) is 4.59. The minimum Gasteiger partial charge on any atom is -0.446 e. The van der Waals surface area contributed by atoms with E-state index in [1.807, 2.05) is 0 Å². The molecular weight excluding hydrogens is 273 g/mol. The smallest absolute Gasteiger partial charge is 0.292 e. The van der Waals surface area contributed by atoms with E-state index in [2.05, 4.69) is 11.9 Å². The number of unbranched alkanes of at least 4 members (excludes halogenated alkanes) is 3. The average molecular weight is 290 g/mol. The third-order valence-electron chi connectivity index (χ3n) is 2.93. The van der Waals surface area contributed by atoms with Crippen LogP contribution >= 0.6 is 23.2 Å². The molecule has 1 aliphatic rings. The quantitative estimate of drug-likeness (QED) is 0.587. The second-order valence-corrected chi connectivity index (χ2v) is 5.39. The number of nitrogens with zero attached hydrogens (tertiary/aromatic N) is 1. The second kappa shape index (κ2) is 6.09. The van der Waals surface area contributed by atoms with Crippen LogP contribution in [0.1, 0.15) is 50.2 Å². The Hall–Kier alpha value is -0.510. The van der Waals surface area contributed by atoms with Gasteiger partial charge in [-0.3, -0.25) is 4.98 Å². The maximum absolute atomic E-state index is 6.32. The number of pyridine rings is 1. The molecule has 2 unspecified atom stereocenters. The van der Waals surface area contributed by atoms with Crippen molar-refractivity contribution in [1.82, 2.24) is 4.98 Å². The molecule has 0 saturated carbocycles. The summed E-state index contributed by atoms with van der Waals surface area (Å²) in [7, 11) is 0. The molecule has 3 nitrogen and oxygen atoms in total. The maximum atomic E-state index is 6.32. The first-order valence-electron chi connectivity index (χ1n) is 6.28. The van der Waals surface area contributed by atoms with Crippen molar-refractivity contribution in [2.45, 2.75) is 49.8 Å². The zero-order valence-corrected chi connectivity index (χ0v) is 11.9. The van der Waals surface area contributed by atoms with Crippen molar-refractivity contribution in [3.63, 3.8) is 0 Å². The molecule has 1 aromatic heterocycles. The molecule has 0 amide bonds. The van der Waals surface area contributed by atoms with Crippen LogP contribution in [0.25, 0.3) is 0 Å². The highest BCUT2D eigenvalue weighted by atomic mass is 35.5. The number of aromatic nitrogens is 1. The summed E-state index contributed by atoms with van der Waals surface area (Å²) in [5.41, 5.74) is 0.192. The van der Waals surface area contributed by atoms with Gasteiger partial charge >= 0.3 is 0 Å². The van der Waals surface area contributed by atoms with Crippen molar-refractivity contribution in [3.05, 3.63) is 24.0 Å². The molecule has 100 valence electrons. The molecule has 18 heavy (non-hydrogen) atoms. The lowest BCUT2D eigenvalue weighted by molar-refractivity contribution is -0.154. The van der Waals surface area contributed by atoms with Gasteiger partial charge in [0.05, 0.1) is 6.20 Å². The van der Waals surface area contributed by atoms with E-state index >= 15 is 0 Å². The van der Waals surface area contributed by atoms with E-state index < -0.39 is 10.8 Å². The lowest BCUT2D eigenvalue weighted by Gasteiger charge is -2.35. The summed E-state index contributed by atoms with van der Waals surface area (Å²) in [6, 6.07) is 1.78. The van der Waals surface area contributed by atoms with Gasteiger partial charge in [0.1, 0.15) is 5.75 Å². The number of hydrogen-bond donors (Lipinski definition) is 0. The third-order valence-corrected chi connectivity index (χ3v) is 3.61. The summed E-state index contributed by atoms with van der Waals surface area (Å²) in [4.78, 5) is 4.01. The van der Waals surface area contributed by atoms with E-state index in [1.165, 1.54) is 12.8 Å². The van der Waals surface area contributed by atoms with Crippen LogP contribution in [0.5, 0.6) is 5.75 Å².